The lowest BCUT2D eigenvalue weighted by Crippen LogP contribution is -2.47. The highest BCUT2D eigenvalue weighted by atomic mass is 19.1. The zero-order valence-electron chi connectivity index (χ0n) is 17.2. The molecule has 7 heteroatoms. The second kappa shape index (κ2) is 8.44. The molecule has 2 aromatic carbocycles. The summed E-state index contributed by atoms with van der Waals surface area (Å²) in [6.07, 6.45) is 0.737. The first kappa shape index (κ1) is 20.3. The number of amides is 3. The third-order valence-corrected chi connectivity index (χ3v) is 6.05. The molecule has 2 aliphatic heterocycles. The SMILES string of the molecule is CC1(c2ccccc2)NC(=O)N(CCCN2CCN(c3ccc(F)cc3)CC2)C1=O. The summed E-state index contributed by atoms with van der Waals surface area (Å²) in [5.41, 5.74) is 0.831. The molecule has 3 amide bonds. The third kappa shape index (κ3) is 4.03. The fourth-order valence-corrected chi connectivity index (χ4v) is 4.20. The molecule has 0 spiro atoms. The van der Waals surface area contributed by atoms with Crippen molar-refractivity contribution in [3.63, 3.8) is 0 Å². The quantitative estimate of drug-likeness (QED) is 0.744. The number of hydrogen-bond donors (Lipinski definition) is 1. The van der Waals surface area contributed by atoms with Crippen LogP contribution in [0.5, 0.6) is 0 Å². The maximum atomic E-state index is 13.1. The molecular formula is C23H27FN4O2. The predicted molar refractivity (Wildman–Crippen MR) is 114 cm³/mol. The molecule has 2 saturated heterocycles. The smallest absolute Gasteiger partial charge is 0.325 e. The molecule has 30 heavy (non-hydrogen) atoms. The molecule has 0 radical (unpaired) electrons. The molecule has 158 valence electrons. The number of anilines is 1. The van der Waals surface area contributed by atoms with Gasteiger partial charge in [-0.25, -0.2) is 9.18 Å². The Kier molecular flexibility index (Phi) is 5.72. The first-order chi connectivity index (χ1) is 14.5. The minimum Gasteiger partial charge on any atom is -0.369 e. The van der Waals surface area contributed by atoms with Gasteiger partial charge in [0.1, 0.15) is 11.4 Å². The van der Waals surface area contributed by atoms with Gasteiger partial charge in [0.05, 0.1) is 0 Å². The van der Waals surface area contributed by atoms with E-state index in [-0.39, 0.29) is 17.8 Å². The molecule has 0 bridgehead atoms. The van der Waals surface area contributed by atoms with Gasteiger partial charge in [0, 0.05) is 38.4 Å². The van der Waals surface area contributed by atoms with E-state index in [1.165, 1.54) is 17.0 Å². The molecule has 1 unspecified atom stereocenters. The van der Waals surface area contributed by atoms with Crippen molar-refractivity contribution < 1.29 is 14.0 Å². The first-order valence-electron chi connectivity index (χ1n) is 10.4. The minimum atomic E-state index is -1.00. The normalized spacial score (nSPS) is 22.5. The molecule has 6 nitrogen and oxygen atoms in total. The van der Waals surface area contributed by atoms with E-state index >= 15 is 0 Å². The summed E-state index contributed by atoms with van der Waals surface area (Å²) in [5.74, 6) is -0.416. The lowest BCUT2D eigenvalue weighted by Gasteiger charge is -2.36. The number of hydrogen-bond acceptors (Lipinski definition) is 4. The van der Waals surface area contributed by atoms with Gasteiger partial charge in [-0.3, -0.25) is 14.6 Å². The molecule has 2 aliphatic rings. The monoisotopic (exact) mass is 410 g/mol. The summed E-state index contributed by atoms with van der Waals surface area (Å²) in [6.45, 7) is 6.55. The Morgan fingerprint density at radius 2 is 1.60 bits per heavy atom. The number of carbonyl (C=O) groups is 2. The van der Waals surface area contributed by atoms with Crippen LogP contribution < -0.4 is 10.2 Å². The molecule has 4 rings (SSSR count). The lowest BCUT2D eigenvalue weighted by atomic mass is 9.92. The van der Waals surface area contributed by atoms with Crippen LogP contribution >= 0.6 is 0 Å². The van der Waals surface area contributed by atoms with Gasteiger partial charge < -0.3 is 10.2 Å². The van der Waals surface area contributed by atoms with Crippen LogP contribution in [0.4, 0.5) is 14.9 Å². The second-order valence-electron chi connectivity index (χ2n) is 8.04. The van der Waals surface area contributed by atoms with E-state index in [1.807, 2.05) is 42.5 Å². The summed E-state index contributed by atoms with van der Waals surface area (Å²) >= 11 is 0. The van der Waals surface area contributed by atoms with E-state index in [4.69, 9.17) is 0 Å². The number of nitrogens with zero attached hydrogens (tertiary/aromatic N) is 3. The zero-order chi connectivity index (χ0) is 21.1. The third-order valence-electron chi connectivity index (χ3n) is 6.05. The highest BCUT2D eigenvalue weighted by Gasteiger charge is 2.48. The molecule has 2 fully saturated rings. The highest BCUT2D eigenvalue weighted by molar-refractivity contribution is 6.07. The summed E-state index contributed by atoms with van der Waals surface area (Å²) < 4.78 is 13.1. The summed E-state index contributed by atoms with van der Waals surface area (Å²) in [7, 11) is 0. The van der Waals surface area contributed by atoms with Crippen molar-refractivity contribution in [2.75, 3.05) is 44.2 Å². The van der Waals surface area contributed by atoms with Gasteiger partial charge in [0.25, 0.3) is 5.91 Å². The highest BCUT2D eigenvalue weighted by Crippen LogP contribution is 2.28. The number of rotatable bonds is 6. The molecule has 1 N–H and O–H groups in total. The first-order valence-corrected chi connectivity index (χ1v) is 10.4. The molecule has 2 heterocycles. The van der Waals surface area contributed by atoms with Crippen molar-refractivity contribution in [2.24, 2.45) is 0 Å². The van der Waals surface area contributed by atoms with E-state index in [2.05, 4.69) is 15.1 Å². The van der Waals surface area contributed by atoms with Crippen molar-refractivity contribution in [3.8, 4) is 0 Å². The van der Waals surface area contributed by atoms with Crippen LogP contribution in [-0.2, 0) is 10.3 Å². The number of carbonyl (C=O) groups excluding carboxylic acids is 2. The molecule has 0 saturated carbocycles. The Morgan fingerprint density at radius 3 is 2.27 bits per heavy atom. The van der Waals surface area contributed by atoms with Gasteiger partial charge in [-0.1, -0.05) is 30.3 Å². The van der Waals surface area contributed by atoms with Crippen LogP contribution in [0.15, 0.2) is 54.6 Å². The summed E-state index contributed by atoms with van der Waals surface area (Å²) in [4.78, 5) is 31.3. The Hall–Kier alpha value is -2.93. The standard InChI is InChI=1S/C23H27FN4O2/c1-23(18-6-3-2-4-7-18)21(29)28(22(30)25-23)13-5-12-26-14-16-27(17-15-26)20-10-8-19(24)9-11-20/h2-4,6-11H,5,12-17H2,1H3,(H,25,30). The van der Waals surface area contributed by atoms with E-state index in [0.29, 0.717) is 6.54 Å². The number of piperazine rings is 1. The molecule has 1 atom stereocenters. The largest absolute Gasteiger partial charge is 0.369 e. The van der Waals surface area contributed by atoms with Crippen molar-refractivity contribution in [1.82, 2.24) is 15.1 Å². The Labute approximate surface area is 176 Å². The van der Waals surface area contributed by atoms with Crippen molar-refractivity contribution in [3.05, 3.63) is 66.0 Å². The Morgan fingerprint density at radius 1 is 0.933 bits per heavy atom. The maximum Gasteiger partial charge on any atom is 0.325 e. The summed E-state index contributed by atoms with van der Waals surface area (Å²) in [6, 6.07) is 15.6. The molecule has 0 aromatic heterocycles. The van der Waals surface area contributed by atoms with Crippen LogP contribution in [0.3, 0.4) is 0 Å². The van der Waals surface area contributed by atoms with Crippen molar-refractivity contribution in [2.45, 2.75) is 18.9 Å². The van der Waals surface area contributed by atoms with Gasteiger partial charge in [-0.15, -0.1) is 0 Å². The van der Waals surface area contributed by atoms with Gasteiger partial charge in [-0.2, -0.15) is 0 Å². The molecule has 0 aliphatic carbocycles. The van der Waals surface area contributed by atoms with Gasteiger partial charge in [0.2, 0.25) is 0 Å². The molecular weight excluding hydrogens is 383 g/mol. The van der Waals surface area contributed by atoms with Crippen molar-refractivity contribution >= 4 is 17.6 Å². The number of imide groups is 1. The predicted octanol–water partition coefficient (Wildman–Crippen LogP) is 2.81. The number of halogens is 1. The average Bonchev–Trinajstić information content (AvgIpc) is 2.99. The second-order valence-corrected chi connectivity index (χ2v) is 8.04. The van der Waals surface area contributed by atoms with Crippen molar-refractivity contribution in [1.29, 1.82) is 0 Å². The maximum absolute atomic E-state index is 13.1. The van der Waals surface area contributed by atoms with Crippen LogP contribution in [0, 0.1) is 5.82 Å². The molecule has 2 aromatic rings. The Bertz CT molecular complexity index is 897. The van der Waals surface area contributed by atoms with E-state index < -0.39 is 5.54 Å². The average molecular weight is 410 g/mol. The number of nitrogens with one attached hydrogen (secondary N) is 1. The van der Waals surface area contributed by atoms with Crippen LogP contribution in [0.2, 0.25) is 0 Å². The van der Waals surface area contributed by atoms with E-state index in [9.17, 15) is 14.0 Å². The van der Waals surface area contributed by atoms with Gasteiger partial charge in [-0.05, 0) is 49.7 Å². The Balaban J connectivity index is 1.26. The van der Waals surface area contributed by atoms with E-state index in [1.54, 1.807) is 6.92 Å². The van der Waals surface area contributed by atoms with E-state index in [0.717, 1.165) is 50.4 Å². The fourth-order valence-electron chi connectivity index (χ4n) is 4.20. The number of benzene rings is 2. The van der Waals surface area contributed by atoms with Gasteiger partial charge >= 0.3 is 6.03 Å². The zero-order valence-corrected chi connectivity index (χ0v) is 17.2. The number of urea groups is 1. The van der Waals surface area contributed by atoms with Crippen LogP contribution in [-0.4, -0.2) is 61.0 Å². The van der Waals surface area contributed by atoms with Crippen LogP contribution in [0.25, 0.3) is 0 Å². The fraction of sp³-hybridized carbons (Fsp3) is 0.391. The minimum absolute atomic E-state index is 0.195. The lowest BCUT2D eigenvalue weighted by molar-refractivity contribution is -0.131. The van der Waals surface area contributed by atoms with Gasteiger partial charge in [0.15, 0.2) is 0 Å². The topological polar surface area (TPSA) is 55.9 Å². The summed E-state index contributed by atoms with van der Waals surface area (Å²) in [5, 5.41) is 2.85. The van der Waals surface area contributed by atoms with Crippen LogP contribution in [0.1, 0.15) is 18.9 Å².